The summed E-state index contributed by atoms with van der Waals surface area (Å²) in [6.45, 7) is 0. The topological polar surface area (TPSA) is 37.8 Å². The van der Waals surface area contributed by atoms with E-state index in [4.69, 9.17) is 0 Å². The molecule has 0 bridgehead atoms. The number of thiophene rings is 1. The van der Waals surface area contributed by atoms with E-state index >= 15 is 0 Å². The van der Waals surface area contributed by atoms with Gasteiger partial charge in [0.2, 0.25) is 5.95 Å². The molecule has 0 aliphatic carbocycles. The van der Waals surface area contributed by atoms with E-state index in [2.05, 4.69) is 31.2 Å². The Hall–Kier alpha value is -1.01. The molecule has 0 atom stereocenters. The monoisotopic (exact) mass is 287 g/mol. The Morgan fingerprint density at radius 3 is 2.93 bits per heavy atom. The second-order valence-corrected chi connectivity index (χ2v) is 4.51. The minimum absolute atomic E-state index is 0.316. The number of aromatic nitrogens is 2. The summed E-state index contributed by atoms with van der Waals surface area (Å²) in [6, 6.07) is 1.86. The lowest BCUT2D eigenvalue weighted by Gasteiger charge is -2.03. The van der Waals surface area contributed by atoms with E-state index in [1.54, 1.807) is 7.05 Å². The Labute approximate surface area is 98.5 Å². The van der Waals surface area contributed by atoms with Crippen molar-refractivity contribution in [3.63, 3.8) is 0 Å². The number of hydrogen-bond acceptors (Lipinski definition) is 4. The molecular formula is C9H7BrFN3S. The SMILES string of the molecule is CNc1ncc(F)c(-c2sccc2Br)n1. The molecule has 1 N–H and O–H groups in total. The second-order valence-electron chi connectivity index (χ2n) is 2.74. The zero-order valence-electron chi connectivity index (χ0n) is 7.79. The highest BCUT2D eigenvalue weighted by Gasteiger charge is 2.12. The van der Waals surface area contributed by atoms with Crippen LogP contribution in [0.5, 0.6) is 0 Å². The van der Waals surface area contributed by atoms with E-state index in [0.29, 0.717) is 11.6 Å². The van der Waals surface area contributed by atoms with Crippen LogP contribution < -0.4 is 5.32 Å². The summed E-state index contributed by atoms with van der Waals surface area (Å²) in [5, 5.41) is 4.65. The molecule has 2 aromatic heterocycles. The van der Waals surface area contributed by atoms with Crippen LogP contribution >= 0.6 is 27.3 Å². The zero-order chi connectivity index (χ0) is 10.8. The summed E-state index contributed by atoms with van der Waals surface area (Å²) in [4.78, 5) is 8.64. The quantitative estimate of drug-likeness (QED) is 0.922. The minimum atomic E-state index is -0.419. The molecule has 6 heteroatoms. The zero-order valence-corrected chi connectivity index (χ0v) is 10.2. The third kappa shape index (κ3) is 2.00. The number of rotatable bonds is 2. The van der Waals surface area contributed by atoms with E-state index in [-0.39, 0.29) is 0 Å². The van der Waals surface area contributed by atoms with Crippen molar-refractivity contribution < 1.29 is 4.39 Å². The summed E-state index contributed by atoms with van der Waals surface area (Å²) in [6.07, 6.45) is 1.17. The number of halogens is 2. The van der Waals surface area contributed by atoms with Crippen LogP contribution in [-0.4, -0.2) is 17.0 Å². The van der Waals surface area contributed by atoms with Crippen LogP contribution in [0.25, 0.3) is 10.6 Å². The van der Waals surface area contributed by atoms with E-state index in [0.717, 1.165) is 9.35 Å². The number of nitrogens with one attached hydrogen (secondary N) is 1. The Morgan fingerprint density at radius 2 is 2.33 bits per heavy atom. The molecule has 2 aromatic rings. The molecule has 0 spiro atoms. The van der Waals surface area contributed by atoms with Gasteiger partial charge in [0.15, 0.2) is 5.82 Å². The van der Waals surface area contributed by atoms with Gasteiger partial charge in [-0.2, -0.15) is 0 Å². The molecule has 0 saturated carbocycles. The normalized spacial score (nSPS) is 10.3. The molecule has 2 rings (SSSR count). The summed E-state index contributed by atoms with van der Waals surface area (Å²) in [5.74, 6) is -0.0103. The molecular weight excluding hydrogens is 281 g/mol. The van der Waals surface area contributed by atoms with Gasteiger partial charge in [-0.15, -0.1) is 11.3 Å². The molecule has 0 aliphatic heterocycles. The summed E-state index contributed by atoms with van der Waals surface area (Å²) < 4.78 is 14.3. The van der Waals surface area contributed by atoms with Crippen molar-refractivity contribution in [1.82, 2.24) is 9.97 Å². The maximum atomic E-state index is 13.5. The van der Waals surface area contributed by atoms with Crippen LogP contribution in [0.3, 0.4) is 0 Å². The van der Waals surface area contributed by atoms with Crippen molar-refractivity contribution in [3.05, 3.63) is 27.9 Å². The highest BCUT2D eigenvalue weighted by molar-refractivity contribution is 9.10. The van der Waals surface area contributed by atoms with Crippen LogP contribution in [-0.2, 0) is 0 Å². The summed E-state index contributed by atoms with van der Waals surface area (Å²) in [5.41, 5.74) is 0.316. The second kappa shape index (κ2) is 4.24. The average molecular weight is 288 g/mol. The molecule has 3 nitrogen and oxygen atoms in total. The molecule has 0 aliphatic rings. The van der Waals surface area contributed by atoms with Crippen LogP contribution in [0.15, 0.2) is 22.1 Å². The average Bonchev–Trinajstić information content (AvgIpc) is 2.65. The fourth-order valence-electron chi connectivity index (χ4n) is 1.11. The molecule has 0 aromatic carbocycles. The highest BCUT2D eigenvalue weighted by atomic mass is 79.9. The van der Waals surface area contributed by atoms with Crippen molar-refractivity contribution in [1.29, 1.82) is 0 Å². The number of anilines is 1. The van der Waals surface area contributed by atoms with Crippen molar-refractivity contribution in [2.75, 3.05) is 12.4 Å². The van der Waals surface area contributed by atoms with Gasteiger partial charge in [0, 0.05) is 11.5 Å². The largest absolute Gasteiger partial charge is 0.357 e. The summed E-state index contributed by atoms with van der Waals surface area (Å²) >= 11 is 4.78. The lowest BCUT2D eigenvalue weighted by atomic mass is 10.3. The van der Waals surface area contributed by atoms with Gasteiger partial charge in [-0.1, -0.05) is 0 Å². The molecule has 0 unspecified atom stereocenters. The van der Waals surface area contributed by atoms with Gasteiger partial charge < -0.3 is 5.32 Å². The molecule has 0 saturated heterocycles. The van der Waals surface area contributed by atoms with Gasteiger partial charge >= 0.3 is 0 Å². The number of nitrogens with zero attached hydrogens (tertiary/aromatic N) is 2. The fourth-order valence-corrected chi connectivity index (χ4v) is 2.66. The third-order valence-corrected chi connectivity index (χ3v) is 3.64. The fraction of sp³-hybridized carbons (Fsp3) is 0.111. The highest BCUT2D eigenvalue weighted by Crippen LogP contribution is 2.33. The summed E-state index contributed by atoms with van der Waals surface area (Å²) in [7, 11) is 1.69. The first-order chi connectivity index (χ1) is 7.22. The van der Waals surface area contributed by atoms with E-state index in [9.17, 15) is 4.39 Å². The predicted octanol–water partition coefficient (Wildman–Crippen LogP) is 3.15. The van der Waals surface area contributed by atoms with Crippen LogP contribution in [0.2, 0.25) is 0 Å². The Balaban J connectivity index is 2.56. The molecule has 0 amide bonds. The third-order valence-electron chi connectivity index (χ3n) is 1.80. The van der Waals surface area contributed by atoms with Crippen LogP contribution in [0, 0.1) is 5.82 Å². The van der Waals surface area contributed by atoms with Gasteiger partial charge in [0.1, 0.15) is 5.69 Å². The van der Waals surface area contributed by atoms with E-state index in [1.807, 2.05) is 11.4 Å². The van der Waals surface area contributed by atoms with Gasteiger partial charge in [-0.25, -0.2) is 14.4 Å². The van der Waals surface area contributed by atoms with Gasteiger partial charge in [0.25, 0.3) is 0 Å². The van der Waals surface area contributed by atoms with Crippen molar-refractivity contribution in [2.24, 2.45) is 0 Å². The van der Waals surface area contributed by atoms with Crippen molar-refractivity contribution in [2.45, 2.75) is 0 Å². The standard InChI is InChI=1S/C9H7BrFN3S/c1-12-9-13-4-6(11)7(14-9)8-5(10)2-3-15-8/h2-4H,1H3,(H,12,13,14). The van der Waals surface area contributed by atoms with Crippen molar-refractivity contribution in [3.8, 4) is 10.6 Å². The molecule has 78 valence electrons. The Morgan fingerprint density at radius 1 is 1.53 bits per heavy atom. The van der Waals surface area contributed by atoms with Crippen molar-refractivity contribution >= 4 is 33.2 Å². The maximum absolute atomic E-state index is 13.5. The molecule has 2 heterocycles. The first-order valence-corrected chi connectivity index (χ1v) is 5.83. The lowest BCUT2D eigenvalue weighted by molar-refractivity contribution is 0.619. The lowest BCUT2D eigenvalue weighted by Crippen LogP contribution is -1.99. The molecule has 0 fully saturated rings. The predicted molar refractivity (Wildman–Crippen MR) is 62.5 cm³/mol. The minimum Gasteiger partial charge on any atom is -0.357 e. The maximum Gasteiger partial charge on any atom is 0.223 e. The Kier molecular flexibility index (Phi) is 2.97. The molecule has 0 radical (unpaired) electrons. The first-order valence-electron chi connectivity index (χ1n) is 4.16. The van der Waals surface area contributed by atoms with Crippen LogP contribution in [0.1, 0.15) is 0 Å². The van der Waals surface area contributed by atoms with Gasteiger partial charge in [-0.05, 0) is 27.4 Å². The van der Waals surface area contributed by atoms with Gasteiger partial charge in [-0.3, -0.25) is 0 Å². The first kappa shape index (κ1) is 10.5. The van der Waals surface area contributed by atoms with E-state index < -0.39 is 5.82 Å². The number of hydrogen-bond donors (Lipinski definition) is 1. The van der Waals surface area contributed by atoms with Gasteiger partial charge in [0.05, 0.1) is 11.1 Å². The van der Waals surface area contributed by atoms with Crippen LogP contribution in [0.4, 0.5) is 10.3 Å². The van der Waals surface area contributed by atoms with E-state index in [1.165, 1.54) is 17.5 Å². The molecule has 15 heavy (non-hydrogen) atoms. The smallest absolute Gasteiger partial charge is 0.223 e. The Bertz CT molecular complexity index is 486.